The molecule has 0 radical (unpaired) electrons. The summed E-state index contributed by atoms with van der Waals surface area (Å²) in [5, 5.41) is 0. The summed E-state index contributed by atoms with van der Waals surface area (Å²) in [6, 6.07) is 4.86. The van der Waals surface area contributed by atoms with E-state index in [-0.39, 0.29) is 17.3 Å². The van der Waals surface area contributed by atoms with Crippen molar-refractivity contribution in [1.29, 1.82) is 0 Å². The van der Waals surface area contributed by atoms with Crippen LogP contribution < -0.4 is 4.74 Å². The number of rotatable bonds is 6. The fourth-order valence-corrected chi connectivity index (χ4v) is 1.43. The average molecular weight is 224 g/mol. The van der Waals surface area contributed by atoms with Crippen LogP contribution in [-0.4, -0.2) is 12.4 Å². The Hall–Kier alpha value is -1.38. The number of hydrogen-bond donors (Lipinski definition) is 0. The van der Waals surface area contributed by atoms with Crippen molar-refractivity contribution in [3.63, 3.8) is 0 Å². The Morgan fingerprint density at radius 1 is 1.38 bits per heavy atom. The molecule has 3 heteroatoms. The summed E-state index contributed by atoms with van der Waals surface area (Å²) in [4.78, 5) is 11.1. The van der Waals surface area contributed by atoms with Crippen LogP contribution in [0.15, 0.2) is 18.2 Å². The molecule has 0 N–H and O–H groups in total. The monoisotopic (exact) mass is 224 g/mol. The standard InChI is InChI=1S/C13H17FO2/c1-3-11(15)7-5-10-6-8-13(16-4-2)12(14)9-10/h6,8-9H,3-5,7H2,1-2H3. The van der Waals surface area contributed by atoms with E-state index >= 15 is 0 Å². The Morgan fingerprint density at radius 3 is 2.69 bits per heavy atom. The molecule has 0 saturated heterocycles. The first-order valence-corrected chi connectivity index (χ1v) is 5.60. The van der Waals surface area contributed by atoms with Crippen molar-refractivity contribution in [2.75, 3.05) is 6.61 Å². The number of ether oxygens (including phenoxy) is 1. The second-order valence-corrected chi connectivity index (χ2v) is 3.59. The molecular formula is C13H17FO2. The molecule has 0 amide bonds. The van der Waals surface area contributed by atoms with Crippen molar-refractivity contribution < 1.29 is 13.9 Å². The van der Waals surface area contributed by atoms with Gasteiger partial charge in [-0.25, -0.2) is 4.39 Å². The maximum absolute atomic E-state index is 13.4. The van der Waals surface area contributed by atoms with Crippen LogP contribution in [0.4, 0.5) is 4.39 Å². The molecule has 0 aromatic heterocycles. The number of Topliss-reactive ketones (excluding diaryl/α,β-unsaturated/α-hetero) is 1. The van der Waals surface area contributed by atoms with Crippen molar-refractivity contribution in [3.05, 3.63) is 29.6 Å². The summed E-state index contributed by atoms with van der Waals surface area (Å²) < 4.78 is 18.5. The maximum atomic E-state index is 13.4. The molecule has 2 nitrogen and oxygen atoms in total. The molecule has 0 spiro atoms. The number of halogens is 1. The van der Waals surface area contributed by atoms with Crippen molar-refractivity contribution in [2.24, 2.45) is 0 Å². The molecule has 1 rings (SSSR count). The molecule has 0 saturated carbocycles. The molecular weight excluding hydrogens is 207 g/mol. The van der Waals surface area contributed by atoms with Crippen LogP contribution in [0.3, 0.4) is 0 Å². The molecule has 0 aliphatic heterocycles. The number of carbonyl (C=O) groups is 1. The van der Waals surface area contributed by atoms with Crippen LogP contribution in [0, 0.1) is 5.82 Å². The zero-order valence-electron chi connectivity index (χ0n) is 9.75. The van der Waals surface area contributed by atoms with E-state index < -0.39 is 0 Å². The zero-order valence-corrected chi connectivity index (χ0v) is 9.75. The lowest BCUT2D eigenvalue weighted by Crippen LogP contribution is -1.99. The first-order chi connectivity index (χ1) is 7.67. The van der Waals surface area contributed by atoms with Gasteiger partial charge in [0.15, 0.2) is 11.6 Å². The van der Waals surface area contributed by atoms with E-state index in [0.717, 1.165) is 5.56 Å². The number of ketones is 1. The van der Waals surface area contributed by atoms with Crippen molar-refractivity contribution in [1.82, 2.24) is 0 Å². The van der Waals surface area contributed by atoms with E-state index in [1.165, 1.54) is 6.07 Å². The molecule has 0 aliphatic carbocycles. The van der Waals surface area contributed by atoms with Gasteiger partial charge in [0.1, 0.15) is 5.78 Å². The molecule has 0 heterocycles. The average Bonchev–Trinajstić information content (AvgIpc) is 2.29. The van der Waals surface area contributed by atoms with Crippen LogP contribution in [0.1, 0.15) is 32.3 Å². The molecule has 88 valence electrons. The van der Waals surface area contributed by atoms with Gasteiger partial charge in [0.25, 0.3) is 0 Å². The third kappa shape index (κ3) is 3.65. The van der Waals surface area contributed by atoms with Gasteiger partial charge in [0, 0.05) is 12.8 Å². The number of benzene rings is 1. The van der Waals surface area contributed by atoms with E-state index in [1.54, 1.807) is 12.1 Å². The Balaban J connectivity index is 2.62. The van der Waals surface area contributed by atoms with Gasteiger partial charge in [-0.05, 0) is 31.0 Å². The van der Waals surface area contributed by atoms with Crippen LogP contribution in [0.2, 0.25) is 0 Å². The van der Waals surface area contributed by atoms with Gasteiger partial charge in [-0.2, -0.15) is 0 Å². The normalized spacial score (nSPS) is 10.2. The van der Waals surface area contributed by atoms with E-state index in [9.17, 15) is 9.18 Å². The Morgan fingerprint density at radius 2 is 2.12 bits per heavy atom. The highest BCUT2D eigenvalue weighted by Crippen LogP contribution is 2.19. The largest absolute Gasteiger partial charge is 0.491 e. The molecule has 16 heavy (non-hydrogen) atoms. The third-order valence-electron chi connectivity index (χ3n) is 2.38. The molecule has 1 aromatic carbocycles. The highest BCUT2D eigenvalue weighted by atomic mass is 19.1. The SMILES string of the molecule is CCOc1ccc(CCC(=O)CC)cc1F. The number of carbonyl (C=O) groups excluding carboxylic acids is 1. The predicted octanol–water partition coefficient (Wildman–Crippen LogP) is 3.14. The highest BCUT2D eigenvalue weighted by molar-refractivity contribution is 5.78. The maximum Gasteiger partial charge on any atom is 0.165 e. The van der Waals surface area contributed by atoms with E-state index in [4.69, 9.17) is 4.74 Å². The first kappa shape index (κ1) is 12.7. The summed E-state index contributed by atoms with van der Waals surface area (Å²) in [7, 11) is 0. The summed E-state index contributed by atoms with van der Waals surface area (Å²) in [6.07, 6.45) is 1.61. The fourth-order valence-electron chi connectivity index (χ4n) is 1.43. The minimum atomic E-state index is -0.358. The first-order valence-electron chi connectivity index (χ1n) is 5.60. The quantitative estimate of drug-likeness (QED) is 0.742. The van der Waals surface area contributed by atoms with Crippen LogP contribution >= 0.6 is 0 Å². The lowest BCUT2D eigenvalue weighted by molar-refractivity contribution is -0.118. The Labute approximate surface area is 95.4 Å². The van der Waals surface area contributed by atoms with Crippen LogP contribution in [0.25, 0.3) is 0 Å². The van der Waals surface area contributed by atoms with Crippen LogP contribution in [0.5, 0.6) is 5.75 Å². The van der Waals surface area contributed by atoms with E-state index in [1.807, 2.05) is 13.8 Å². The Bertz CT molecular complexity index is 361. The second kappa shape index (κ2) is 6.26. The Kier molecular flexibility index (Phi) is 4.96. The minimum absolute atomic E-state index is 0.203. The van der Waals surface area contributed by atoms with Crippen molar-refractivity contribution >= 4 is 5.78 Å². The van der Waals surface area contributed by atoms with Gasteiger partial charge in [-0.1, -0.05) is 13.0 Å². The molecule has 0 aliphatic rings. The van der Waals surface area contributed by atoms with Gasteiger partial charge in [-0.15, -0.1) is 0 Å². The smallest absolute Gasteiger partial charge is 0.165 e. The van der Waals surface area contributed by atoms with E-state index in [2.05, 4.69) is 0 Å². The molecule has 0 fully saturated rings. The lowest BCUT2D eigenvalue weighted by atomic mass is 10.1. The summed E-state index contributed by atoms with van der Waals surface area (Å²) in [6.45, 7) is 4.10. The fraction of sp³-hybridized carbons (Fsp3) is 0.462. The third-order valence-corrected chi connectivity index (χ3v) is 2.38. The van der Waals surface area contributed by atoms with Crippen LogP contribution in [-0.2, 0) is 11.2 Å². The van der Waals surface area contributed by atoms with Gasteiger partial charge < -0.3 is 4.74 Å². The summed E-state index contributed by atoms with van der Waals surface area (Å²) in [5.41, 5.74) is 0.836. The zero-order chi connectivity index (χ0) is 12.0. The second-order valence-electron chi connectivity index (χ2n) is 3.59. The van der Waals surface area contributed by atoms with Gasteiger partial charge in [0.2, 0.25) is 0 Å². The number of aryl methyl sites for hydroxylation is 1. The summed E-state index contributed by atoms with van der Waals surface area (Å²) in [5.74, 6) is 0.116. The van der Waals surface area contributed by atoms with Gasteiger partial charge >= 0.3 is 0 Å². The predicted molar refractivity (Wildman–Crippen MR) is 61.2 cm³/mol. The molecule has 0 atom stereocenters. The summed E-state index contributed by atoms with van der Waals surface area (Å²) >= 11 is 0. The van der Waals surface area contributed by atoms with E-state index in [0.29, 0.717) is 25.9 Å². The highest BCUT2D eigenvalue weighted by Gasteiger charge is 2.05. The van der Waals surface area contributed by atoms with Gasteiger partial charge in [0.05, 0.1) is 6.61 Å². The number of hydrogen-bond acceptors (Lipinski definition) is 2. The van der Waals surface area contributed by atoms with Crippen molar-refractivity contribution in [3.8, 4) is 5.75 Å². The van der Waals surface area contributed by atoms with Crippen molar-refractivity contribution in [2.45, 2.75) is 33.1 Å². The topological polar surface area (TPSA) is 26.3 Å². The molecule has 0 bridgehead atoms. The minimum Gasteiger partial charge on any atom is -0.491 e. The molecule has 1 aromatic rings. The molecule has 0 unspecified atom stereocenters. The van der Waals surface area contributed by atoms with Gasteiger partial charge in [-0.3, -0.25) is 4.79 Å². The lowest BCUT2D eigenvalue weighted by Gasteiger charge is -2.06.